The van der Waals surface area contributed by atoms with Crippen molar-refractivity contribution >= 4 is 16.8 Å². The maximum absolute atomic E-state index is 11.5. The van der Waals surface area contributed by atoms with Crippen LogP contribution in [0.15, 0.2) is 36.8 Å². The lowest BCUT2D eigenvalue weighted by Gasteiger charge is -2.05. The summed E-state index contributed by atoms with van der Waals surface area (Å²) in [6, 6.07) is 7.90. The van der Waals surface area contributed by atoms with Crippen LogP contribution in [0.3, 0.4) is 0 Å². The highest BCUT2D eigenvalue weighted by atomic mass is 16.1. The van der Waals surface area contributed by atoms with Crippen LogP contribution in [0.5, 0.6) is 0 Å². The van der Waals surface area contributed by atoms with Crippen LogP contribution in [0.4, 0.5) is 0 Å². The van der Waals surface area contributed by atoms with Gasteiger partial charge in [-0.3, -0.25) is 4.79 Å². The SMILES string of the molecule is CC(=O)c1cccc(Cc2nn(C(C)C)c3ncncc23)c1. The molecule has 0 bridgehead atoms. The Labute approximate surface area is 129 Å². The average molecular weight is 294 g/mol. The Morgan fingerprint density at radius 3 is 2.86 bits per heavy atom. The predicted molar refractivity (Wildman–Crippen MR) is 85.0 cm³/mol. The van der Waals surface area contributed by atoms with Gasteiger partial charge in [0, 0.05) is 24.2 Å². The van der Waals surface area contributed by atoms with E-state index in [2.05, 4.69) is 28.9 Å². The molecule has 0 atom stereocenters. The van der Waals surface area contributed by atoms with E-state index in [9.17, 15) is 4.79 Å². The van der Waals surface area contributed by atoms with Gasteiger partial charge in [-0.25, -0.2) is 14.6 Å². The molecular weight excluding hydrogens is 276 g/mol. The van der Waals surface area contributed by atoms with Gasteiger partial charge in [0.2, 0.25) is 0 Å². The molecule has 3 aromatic rings. The molecule has 0 amide bonds. The van der Waals surface area contributed by atoms with E-state index in [1.807, 2.05) is 28.9 Å². The summed E-state index contributed by atoms with van der Waals surface area (Å²) in [6.45, 7) is 5.74. The average Bonchev–Trinajstić information content (AvgIpc) is 2.87. The molecule has 0 spiro atoms. The first-order valence-electron chi connectivity index (χ1n) is 7.33. The van der Waals surface area contributed by atoms with Gasteiger partial charge >= 0.3 is 0 Å². The van der Waals surface area contributed by atoms with E-state index in [-0.39, 0.29) is 11.8 Å². The lowest BCUT2D eigenvalue weighted by Crippen LogP contribution is -2.04. The molecule has 3 rings (SSSR count). The monoisotopic (exact) mass is 294 g/mol. The van der Waals surface area contributed by atoms with Crippen molar-refractivity contribution in [3.8, 4) is 0 Å². The molecule has 0 N–H and O–H groups in total. The molecule has 2 heterocycles. The second-order valence-electron chi connectivity index (χ2n) is 5.68. The lowest BCUT2D eigenvalue weighted by molar-refractivity contribution is 0.101. The molecule has 0 aliphatic carbocycles. The fourth-order valence-corrected chi connectivity index (χ4v) is 2.52. The van der Waals surface area contributed by atoms with Crippen molar-refractivity contribution < 1.29 is 4.79 Å². The zero-order valence-corrected chi connectivity index (χ0v) is 12.9. The Hall–Kier alpha value is -2.56. The van der Waals surface area contributed by atoms with Gasteiger partial charge in [-0.2, -0.15) is 5.10 Å². The summed E-state index contributed by atoms with van der Waals surface area (Å²) >= 11 is 0. The number of ketones is 1. The van der Waals surface area contributed by atoms with Gasteiger partial charge in [-0.15, -0.1) is 0 Å². The Kier molecular flexibility index (Phi) is 3.71. The highest BCUT2D eigenvalue weighted by molar-refractivity contribution is 5.94. The number of nitrogens with zero attached hydrogens (tertiary/aromatic N) is 4. The number of aromatic nitrogens is 4. The number of hydrogen-bond donors (Lipinski definition) is 0. The Morgan fingerprint density at radius 2 is 2.14 bits per heavy atom. The third-order valence-electron chi connectivity index (χ3n) is 3.64. The van der Waals surface area contributed by atoms with Gasteiger partial charge in [-0.1, -0.05) is 18.2 Å². The first kappa shape index (κ1) is 14.4. The summed E-state index contributed by atoms with van der Waals surface area (Å²) in [5.41, 5.74) is 3.57. The minimum atomic E-state index is 0.0720. The van der Waals surface area contributed by atoms with Gasteiger partial charge in [0.15, 0.2) is 11.4 Å². The third kappa shape index (κ3) is 2.62. The molecule has 5 heteroatoms. The minimum absolute atomic E-state index is 0.0720. The van der Waals surface area contributed by atoms with Gasteiger partial charge in [0.1, 0.15) is 6.33 Å². The molecule has 112 valence electrons. The predicted octanol–water partition coefficient (Wildman–Crippen LogP) is 3.20. The van der Waals surface area contributed by atoms with Gasteiger partial charge in [0.05, 0.1) is 11.1 Å². The first-order chi connectivity index (χ1) is 10.6. The largest absolute Gasteiger partial charge is 0.295 e. The summed E-state index contributed by atoms with van der Waals surface area (Å²) in [5, 5.41) is 5.65. The molecule has 22 heavy (non-hydrogen) atoms. The summed E-state index contributed by atoms with van der Waals surface area (Å²) in [4.78, 5) is 20.0. The van der Waals surface area contributed by atoms with Crippen LogP contribution >= 0.6 is 0 Å². The van der Waals surface area contributed by atoms with Crippen molar-refractivity contribution in [2.75, 3.05) is 0 Å². The minimum Gasteiger partial charge on any atom is -0.295 e. The van der Waals surface area contributed by atoms with E-state index in [1.165, 1.54) is 0 Å². The van der Waals surface area contributed by atoms with Crippen molar-refractivity contribution in [2.24, 2.45) is 0 Å². The second kappa shape index (κ2) is 5.67. The zero-order valence-electron chi connectivity index (χ0n) is 12.9. The fourth-order valence-electron chi connectivity index (χ4n) is 2.52. The third-order valence-corrected chi connectivity index (χ3v) is 3.64. The van der Waals surface area contributed by atoms with Crippen LogP contribution in [0.2, 0.25) is 0 Å². The molecule has 0 unspecified atom stereocenters. The van der Waals surface area contributed by atoms with Crippen molar-refractivity contribution in [2.45, 2.75) is 33.2 Å². The van der Waals surface area contributed by atoms with Crippen molar-refractivity contribution in [3.63, 3.8) is 0 Å². The number of carbonyl (C=O) groups excluding carboxylic acids is 1. The molecule has 0 fully saturated rings. The van der Waals surface area contributed by atoms with Crippen molar-refractivity contribution in [1.29, 1.82) is 0 Å². The molecule has 0 radical (unpaired) electrons. The summed E-state index contributed by atoms with van der Waals surface area (Å²) in [7, 11) is 0. The molecule has 0 saturated heterocycles. The molecule has 2 aromatic heterocycles. The zero-order chi connectivity index (χ0) is 15.7. The van der Waals surface area contributed by atoms with Crippen molar-refractivity contribution in [1.82, 2.24) is 19.7 Å². The standard InChI is InChI=1S/C17H18N4O/c1-11(2)21-17-15(9-18-10-19-17)16(20-21)8-13-5-4-6-14(7-13)12(3)22/h4-7,9-11H,8H2,1-3H3. The Bertz CT molecular complexity index is 836. The van der Waals surface area contributed by atoms with E-state index in [0.29, 0.717) is 6.42 Å². The van der Waals surface area contributed by atoms with Crippen LogP contribution in [-0.4, -0.2) is 25.5 Å². The Morgan fingerprint density at radius 1 is 1.32 bits per heavy atom. The molecule has 1 aromatic carbocycles. The topological polar surface area (TPSA) is 60.7 Å². The number of carbonyl (C=O) groups is 1. The van der Waals surface area contributed by atoms with Crippen LogP contribution in [0.1, 0.15) is 48.4 Å². The van der Waals surface area contributed by atoms with Gasteiger partial charge < -0.3 is 0 Å². The first-order valence-corrected chi connectivity index (χ1v) is 7.33. The highest BCUT2D eigenvalue weighted by Gasteiger charge is 2.14. The fraction of sp³-hybridized carbons (Fsp3) is 0.294. The molecular formula is C17H18N4O. The number of Topliss-reactive ketones (excluding diaryl/α,β-unsaturated/α-hetero) is 1. The van der Waals surface area contributed by atoms with E-state index < -0.39 is 0 Å². The molecule has 0 saturated carbocycles. The van der Waals surface area contributed by atoms with Gasteiger partial charge in [-0.05, 0) is 32.4 Å². The Balaban J connectivity index is 2.04. The maximum atomic E-state index is 11.5. The maximum Gasteiger partial charge on any atom is 0.161 e. The van der Waals surface area contributed by atoms with E-state index in [0.717, 1.165) is 27.9 Å². The van der Waals surface area contributed by atoms with Crippen LogP contribution in [0, 0.1) is 0 Å². The molecule has 5 nitrogen and oxygen atoms in total. The van der Waals surface area contributed by atoms with E-state index in [1.54, 1.807) is 19.4 Å². The number of fused-ring (bicyclic) bond motifs is 1. The van der Waals surface area contributed by atoms with Crippen LogP contribution in [0.25, 0.3) is 11.0 Å². The molecule has 0 aliphatic rings. The van der Waals surface area contributed by atoms with E-state index in [4.69, 9.17) is 0 Å². The van der Waals surface area contributed by atoms with Gasteiger partial charge in [0.25, 0.3) is 0 Å². The second-order valence-corrected chi connectivity index (χ2v) is 5.68. The van der Waals surface area contributed by atoms with Crippen LogP contribution in [-0.2, 0) is 6.42 Å². The summed E-state index contributed by atoms with van der Waals surface area (Å²) < 4.78 is 1.92. The highest BCUT2D eigenvalue weighted by Crippen LogP contribution is 2.21. The van der Waals surface area contributed by atoms with Crippen molar-refractivity contribution in [3.05, 3.63) is 53.6 Å². The van der Waals surface area contributed by atoms with Crippen LogP contribution < -0.4 is 0 Å². The number of benzene rings is 1. The molecule has 0 aliphatic heterocycles. The lowest BCUT2D eigenvalue weighted by atomic mass is 10.0. The number of rotatable bonds is 4. The summed E-state index contributed by atoms with van der Waals surface area (Å²) in [6.07, 6.45) is 4.01. The summed E-state index contributed by atoms with van der Waals surface area (Å²) in [5.74, 6) is 0.0720. The van der Waals surface area contributed by atoms with E-state index >= 15 is 0 Å². The quantitative estimate of drug-likeness (QED) is 0.693. The normalized spacial score (nSPS) is 11.3. The number of hydrogen-bond acceptors (Lipinski definition) is 4. The smallest absolute Gasteiger partial charge is 0.161 e.